The fourth-order valence-corrected chi connectivity index (χ4v) is 4.72. The first kappa shape index (κ1) is 28.2. The second-order valence-corrected chi connectivity index (χ2v) is 9.74. The van der Waals surface area contributed by atoms with Crippen LogP contribution in [0.2, 0.25) is 0 Å². The number of hydrogen-bond acceptors (Lipinski definition) is 4. The number of halogens is 3. The number of anilines is 1. The fraction of sp³-hybridized carbons (Fsp3) is 0.400. The van der Waals surface area contributed by atoms with Crippen LogP contribution in [0.15, 0.2) is 83.3 Å². The molecule has 4 nitrogen and oxygen atoms in total. The van der Waals surface area contributed by atoms with Gasteiger partial charge in [-0.1, -0.05) is 64.8 Å². The smallest absolute Gasteiger partial charge is 0.278 e. The highest BCUT2D eigenvalue weighted by Gasteiger charge is 2.27. The number of para-hydroxylation sites is 1. The Kier molecular flexibility index (Phi) is 9.35. The SMILES string of the molecule is C.C=C(C(C)C)N1CCC(C(=C)N(Cc2ccc(C3=NN=C(C(F)F)C3)cc2F)c2ccccc2)CC1. The zero-order valence-corrected chi connectivity index (χ0v) is 20.9. The molecule has 0 atom stereocenters. The number of benzene rings is 2. The molecule has 2 aliphatic heterocycles. The van der Waals surface area contributed by atoms with E-state index in [9.17, 15) is 8.78 Å². The summed E-state index contributed by atoms with van der Waals surface area (Å²) in [4.78, 5) is 4.44. The minimum atomic E-state index is -2.66. The first-order valence-electron chi connectivity index (χ1n) is 12.4. The van der Waals surface area contributed by atoms with Gasteiger partial charge >= 0.3 is 0 Å². The number of alkyl halides is 2. The van der Waals surface area contributed by atoms with E-state index in [0.29, 0.717) is 29.3 Å². The molecule has 0 amide bonds. The predicted octanol–water partition coefficient (Wildman–Crippen LogP) is 7.68. The lowest BCUT2D eigenvalue weighted by Crippen LogP contribution is -2.37. The summed E-state index contributed by atoms with van der Waals surface area (Å²) in [5.41, 5.74) is 4.13. The van der Waals surface area contributed by atoms with Gasteiger partial charge in [-0.2, -0.15) is 10.2 Å². The Balaban J connectivity index is 0.00000380. The lowest BCUT2D eigenvalue weighted by molar-refractivity contribution is 0.224. The predicted molar refractivity (Wildman–Crippen MR) is 148 cm³/mol. The summed E-state index contributed by atoms with van der Waals surface area (Å²) in [6, 6.07) is 14.7. The molecule has 7 heteroatoms. The molecule has 2 aromatic carbocycles. The highest BCUT2D eigenvalue weighted by Crippen LogP contribution is 2.33. The quantitative estimate of drug-likeness (QED) is 0.346. The summed E-state index contributed by atoms with van der Waals surface area (Å²) in [6.07, 6.45) is -0.801. The highest BCUT2D eigenvalue weighted by atomic mass is 19.3. The zero-order valence-electron chi connectivity index (χ0n) is 20.9. The monoisotopic (exact) mass is 510 g/mol. The number of allylic oxidation sites excluding steroid dienone is 2. The topological polar surface area (TPSA) is 31.2 Å². The molecule has 2 aromatic rings. The van der Waals surface area contributed by atoms with E-state index >= 15 is 4.39 Å². The Hall–Kier alpha value is -3.35. The Morgan fingerprint density at radius 3 is 2.30 bits per heavy atom. The van der Waals surface area contributed by atoms with Crippen LogP contribution in [-0.4, -0.2) is 35.8 Å². The number of nitrogens with zero attached hydrogens (tertiary/aromatic N) is 4. The van der Waals surface area contributed by atoms with Crippen molar-refractivity contribution in [3.63, 3.8) is 0 Å². The standard InChI is InChI=1S/C29H33F3N4.CH4/c1-19(2)20(3)35-14-12-22(13-15-35)21(4)36(25-8-6-5-7-9-25)18-24-11-10-23(16-26(24)30)27-17-28(29(31)32)34-33-27;/h5-11,16,19,22,29H,3-4,12-15,17-18H2,1-2H3;1H4. The van der Waals surface area contributed by atoms with Gasteiger partial charge in [-0.3, -0.25) is 0 Å². The fourth-order valence-electron chi connectivity index (χ4n) is 4.72. The largest absolute Gasteiger partial charge is 0.375 e. The Morgan fingerprint density at radius 2 is 1.73 bits per heavy atom. The van der Waals surface area contributed by atoms with Gasteiger partial charge < -0.3 is 9.80 Å². The molecule has 1 fully saturated rings. The normalized spacial score (nSPS) is 15.9. The van der Waals surface area contributed by atoms with Crippen LogP contribution in [0.1, 0.15) is 51.7 Å². The van der Waals surface area contributed by atoms with Gasteiger partial charge in [-0.15, -0.1) is 0 Å². The van der Waals surface area contributed by atoms with Gasteiger partial charge in [0.05, 0.1) is 12.3 Å². The second-order valence-electron chi connectivity index (χ2n) is 9.74. The van der Waals surface area contributed by atoms with Crippen LogP contribution in [0, 0.1) is 17.7 Å². The van der Waals surface area contributed by atoms with Crippen LogP contribution in [0.25, 0.3) is 0 Å². The van der Waals surface area contributed by atoms with E-state index in [1.54, 1.807) is 12.1 Å². The minimum absolute atomic E-state index is 0. The third-order valence-electron chi connectivity index (χ3n) is 7.07. The summed E-state index contributed by atoms with van der Waals surface area (Å²) in [5.74, 6) is 0.291. The molecule has 0 unspecified atom stereocenters. The third-order valence-corrected chi connectivity index (χ3v) is 7.07. The van der Waals surface area contributed by atoms with E-state index in [0.717, 1.165) is 37.3 Å². The van der Waals surface area contributed by atoms with Crippen molar-refractivity contribution in [3.05, 3.63) is 90.0 Å². The molecule has 0 bridgehead atoms. The Morgan fingerprint density at radius 1 is 1.05 bits per heavy atom. The number of hydrogen-bond donors (Lipinski definition) is 0. The van der Waals surface area contributed by atoms with E-state index in [-0.39, 0.29) is 25.5 Å². The average molecular weight is 511 g/mol. The highest BCUT2D eigenvalue weighted by molar-refractivity contribution is 6.15. The van der Waals surface area contributed by atoms with Crippen molar-refractivity contribution in [2.75, 3.05) is 18.0 Å². The third kappa shape index (κ3) is 6.51. The number of piperidine rings is 1. The Bertz CT molecular complexity index is 1160. The molecular weight excluding hydrogens is 473 g/mol. The molecule has 0 N–H and O–H groups in total. The summed E-state index contributed by atoms with van der Waals surface area (Å²) in [6.45, 7) is 15.2. The van der Waals surface area contributed by atoms with Crippen LogP contribution in [0.4, 0.5) is 18.9 Å². The van der Waals surface area contributed by atoms with Crippen molar-refractivity contribution in [2.45, 2.75) is 53.5 Å². The molecular formula is C30H37F3N4. The van der Waals surface area contributed by atoms with Crippen molar-refractivity contribution in [1.29, 1.82) is 0 Å². The summed E-state index contributed by atoms with van der Waals surface area (Å²) in [5, 5.41) is 7.37. The van der Waals surface area contributed by atoms with Crippen LogP contribution in [0.3, 0.4) is 0 Å². The van der Waals surface area contributed by atoms with Gasteiger partial charge in [-0.25, -0.2) is 13.2 Å². The van der Waals surface area contributed by atoms with Crippen LogP contribution < -0.4 is 4.90 Å². The molecule has 1 saturated heterocycles. The van der Waals surface area contributed by atoms with E-state index in [2.05, 4.69) is 47.0 Å². The van der Waals surface area contributed by atoms with Crippen LogP contribution >= 0.6 is 0 Å². The molecule has 0 saturated carbocycles. The van der Waals surface area contributed by atoms with E-state index in [4.69, 9.17) is 0 Å². The molecule has 198 valence electrons. The first-order chi connectivity index (χ1) is 17.2. The average Bonchev–Trinajstić information content (AvgIpc) is 3.39. The molecule has 0 aromatic heterocycles. The molecule has 4 rings (SSSR count). The van der Waals surface area contributed by atoms with Crippen molar-refractivity contribution in [3.8, 4) is 0 Å². The van der Waals surface area contributed by atoms with Gasteiger partial charge in [0.25, 0.3) is 6.43 Å². The van der Waals surface area contributed by atoms with Crippen LogP contribution in [-0.2, 0) is 6.54 Å². The summed E-state index contributed by atoms with van der Waals surface area (Å²) >= 11 is 0. The van der Waals surface area contributed by atoms with Crippen LogP contribution in [0.5, 0.6) is 0 Å². The van der Waals surface area contributed by atoms with E-state index in [1.165, 1.54) is 11.8 Å². The molecule has 0 radical (unpaired) electrons. The number of rotatable bonds is 9. The maximum Gasteiger partial charge on any atom is 0.278 e. The van der Waals surface area contributed by atoms with Crippen molar-refractivity contribution >= 4 is 17.1 Å². The van der Waals surface area contributed by atoms with E-state index < -0.39 is 12.2 Å². The summed E-state index contributed by atoms with van der Waals surface area (Å²) in [7, 11) is 0. The maximum absolute atomic E-state index is 15.2. The molecule has 0 spiro atoms. The molecule has 0 aliphatic carbocycles. The maximum atomic E-state index is 15.2. The molecule has 2 aliphatic rings. The Labute approximate surface area is 218 Å². The van der Waals surface area contributed by atoms with Gasteiger partial charge in [0.15, 0.2) is 0 Å². The minimum Gasteiger partial charge on any atom is -0.375 e. The van der Waals surface area contributed by atoms with Gasteiger partial charge in [0.2, 0.25) is 0 Å². The van der Waals surface area contributed by atoms with Crippen molar-refractivity contribution in [1.82, 2.24) is 4.90 Å². The van der Waals surface area contributed by atoms with Crippen molar-refractivity contribution in [2.24, 2.45) is 22.0 Å². The van der Waals surface area contributed by atoms with Gasteiger partial charge in [0.1, 0.15) is 11.5 Å². The lowest BCUT2D eigenvalue weighted by atomic mass is 9.91. The number of likely N-dealkylation sites (tertiary alicyclic amines) is 1. The first-order valence-corrected chi connectivity index (χ1v) is 12.4. The van der Waals surface area contributed by atoms with Crippen molar-refractivity contribution < 1.29 is 13.2 Å². The molecule has 37 heavy (non-hydrogen) atoms. The second kappa shape index (κ2) is 12.3. The lowest BCUT2D eigenvalue weighted by Gasteiger charge is -2.39. The van der Waals surface area contributed by atoms with E-state index in [1.807, 2.05) is 30.3 Å². The van der Waals surface area contributed by atoms with Gasteiger partial charge in [-0.05, 0) is 37.0 Å². The van der Waals surface area contributed by atoms with Gasteiger partial charge in [0, 0.05) is 53.6 Å². The summed E-state index contributed by atoms with van der Waals surface area (Å²) < 4.78 is 41.1. The zero-order chi connectivity index (χ0) is 25.8. The molecule has 2 heterocycles.